The molecule has 1 N–H and O–H groups in total. The highest BCUT2D eigenvalue weighted by atomic mass is 32.1. The van der Waals surface area contributed by atoms with Gasteiger partial charge in [0.25, 0.3) is 5.91 Å². The molecule has 2 aromatic carbocycles. The van der Waals surface area contributed by atoms with Gasteiger partial charge in [0, 0.05) is 34.6 Å². The van der Waals surface area contributed by atoms with Crippen molar-refractivity contribution >= 4 is 22.9 Å². The molecule has 6 heteroatoms. The Bertz CT molecular complexity index is 1080. The van der Waals surface area contributed by atoms with Crippen LogP contribution in [-0.2, 0) is 0 Å². The Morgan fingerprint density at radius 3 is 2.41 bits per heavy atom. The molecular weight excluding hydrogens is 361 g/mol. The minimum absolute atomic E-state index is 0.0167. The van der Waals surface area contributed by atoms with Crippen molar-refractivity contribution in [2.75, 3.05) is 5.32 Å². The summed E-state index contributed by atoms with van der Waals surface area (Å²) in [6, 6.07) is 17.0. The van der Waals surface area contributed by atoms with E-state index in [0.29, 0.717) is 5.69 Å². The second-order valence-corrected chi connectivity index (χ2v) is 6.64. The highest BCUT2D eigenvalue weighted by Crippen LogP contribution is 2.29. The van der Waals surface area contributed by atoms with Gasteiger partial charge in [0.15, 0.2) is 0 Å². The number of benzene rings is 2. The fraction of sp³-hybridized carbons (Fsp3) is 0. The van der Waals surface area contributed by atoms with E-state index in [0.717, 1.165) is 21.8 Å². The lowest BCUT2D eigenvalue weighted by atomic mass is 10.1. The molecule has 0 saturated carbocycles. The van der Waals surface area contributed by atoms with Crippen LogP contribution in [-0.4, -0.2) is 15.9 Å². The van der Waals surface area contributed by atoms with Crippen LogP contribution in [0, 0.1) is 5.82 Å². The molecule has 0 bridgehead atoms. The zero-order valence-electron chi connectivity index (χ0n) is 14.1. The maximum atomic E-state index is 13.7. The monoisotopic (exact) mass is 375 g/mol. The summed E-state index contributed by atoms with van der Waals surface area (Å²) in [6.07, 6.45) is 3.48. The Labute approximate surface area is 159 Å². The van der Waals surface area contributed by atoms with Crippen molar-refractivity contribution in [1.82, 2.24) is 9.97 Å². The van der Waals surface area contributed by atoms with E-state index in [-0.39, 0.29) is 5.56 Å². The molecular formula is C21H14FN3OS. The summed E-state index contributed by atoms with van der Waals surface area (Å²) in [5.74, 6) is -1.02. The number of anilines is 1. The number of aromatic nitrogens is 2. The third-order valence-corrected chi connectivity index (χ3v) is 4.88. The van der Waals surface area contributed by atoms with Crippen LogP contribution in [0.3, 0.4) is 0 Å². The molecule has 4 nitrogen and oxygen atoms in total. The van der Waals surface area contributed by atoms with Gasteiger partial charge in [-0.3, -0.25) is 9.78 Å². The van der Waals surface area contributed by atoms with Gasteiger partial charge in [-0.1, -0.05) is 24.3 Å². The molecule has 132 valence electrons. The van der Waals surface area contributed by atoms with Crippen LogP contribution >= 0.6 is 11.3 Å². The molecule has 0 fully saturated rings. The minimum Gasteiger partial charge on any atom is -0.322 e. The van der Waals surface area contributed by atoms with Gasteiger partial charge in [-0.2, -0.15) is 0 Å². The Morgan fingerprint density at radius 1 is 0.926 bits per heavy atom. The molecule has 0 aliphatic heterocycles. The Balaban J connectivity index is 1.50. The zero-order valence-corrected chi connectivity index (χ0v) is 14.9. The van der Waals surface area contributed by atoms with Gasteiger partial charge < -0.3 is 5.32 Å². The summed E-state index contributed by atoms with van der Waals surface area (Å²) in [4.78, 5) is 20.9. The number of thiazole rings is 1. The van der Waals surface area contributed by atoms with Gasteiger partial charge >= 0.3 is 0 Å². The van der Waals surface area contributed by atoms with Crippen molar-refractivity contribution in [2.45, 2.75) is 0 Å². The molecule has 0 atom stereocenters. The van der Waals surface area contributed by atoms with E-state index in [1.807, 2.05) is 29.6 Å². The summed E-state index contributed by atoms with van der Waals surface area (Å²) in [5.41, 5.74) is 3.43. The fourth-order valence-electron chi connectivity index (χ4n) is 2.60. The summed E-state index contributed by atoms with van der Waals surface area (Å²) < 4.78 is 13.7. The molecule has 1 amide bonds. The van der Waals surface area contributed by atoms with Gasteiger partial charge in [-0.25, -0.2) is 9.37 Å². The van der Waals surface area contributed by atoms with Gasteiger partial charge in [0.1, 0.15) is 10.8 Å². The lowest BCUT2D eigenvalue weighted by Gasteiger charge is -2.06. The van der Waals surface area contributed by atoms with Crippen LogP contribution in [0.15, 0.2) is 78.4 Å². The summed E-state index contributed by atoms with van der Waals surface area (Å²) in [6.45, 7) is 0. The van der Waals surface area contributed by atoms with E-state index in [1.165, 1.54) is 12.1 Å². The molecule has 0 aliphatic rings. The normalized spacial score (nSPS) is 10.6. The number of hydrogen-bond donors (Lipinski definition) is 1. The summed E-state index contributed by atoms with van der Waals surface area (Å²) >= 11 is 1.56. The number of carbonyl (C=O) groups excluding carboxylic acids is 1. The highest BCUT2D eigenvalue weighted by molar-refractivity contribution is 7.13. The molecule has 4 rings (SSSR count). The molecule has 0 unspecified atom stereocenters. The number of hydrogen-bond acceptors (Lipinski definition) is 4. The van der Waals surface area contributed by atoms with E-state index in [2.05, 4.69) is 15.3 Å². The molecule has 4 aromatic rings. The van der Waals surface area contributed by atoms with Crippen LogP contribution in [0.2, 0.25) is 0 Å². The lowest BCUT2D eigenvalue weighted by Crippen LogP contribution is -2.13. The van der Waals surface area contributed by atoms with Gasteiger partial charge in [-0.05, 0) is 36.4 Å². The average Bonchev–Trinajstić information content (AvgIpc) is 3.20. The van der Waals surface area contributed by atoms with Crippen LogP contribution in [0.25, 0.3) is 21.8 Å². The standard InChI is InChI=1S/C21H14FN3OS/c22-18-4-2-1-3-17(18)20(26)24-16-7-5-14(6-8-16)19-13-27-21(25-19)15-9-11-23-12-10-15/h1-13H,(H,24,26). The predicted octanol–water partition coefficient (Wildman–Crippen LogP) is 5.26. The van der Waals surface area contributed by atoms with Crippen molar-refractivity contribution in [3.63, 3.8) is 0 Å². The second kappa shape index (κ2) is 7.47. The Hall–Kier alpha value is -3.38. The second-order valence-electron chi connectivity index (χ2n) is 5.79. The third kappa shape index (κ3) is 3.75. The van der Waals surface area contributed by atoms with Crippen molar-refractivity contribution < 1.29 is 9.18 Å². The van der Waals surface area contributed by atoms with E-state index in [1.54, 1.807) is 48.0 Å². The molecule has 0 spiro atoms. The maximum absolute atomic E-state index is 13.7. The largest absolute Gasteiger partial charge is 0.322 e. The number of carbonyl (C=O) groups is 1. The number of pyridine rings is 1. The predicted molar refractivity (Wildman–Crippen MR) is 105 cm³/mol. The summed E-state index contributed by atoms with van der Waals surface area (Å²) in [5, 5.41) is 5.61. The molecule has 0 radical (unpaired) electrons. The van der Waals surface area contributed by atoms with Crippen LogP contribution in [0.5, 0.6) is 0 Å². The number of rotatable bonds is 4. The number of halogens is 1. The maximum Gasteiger partial charge on any atom is 0.258 e. The first kappa shape index (κ1) is 17.1. The smallest absolute Gasteiger partial charge is 0.258 e. The fourth-order valence-corrected chi connectivity index (χ4v) is 3.44. The van der Waals surface area contributed by atoms with Crippen molar-refractivity contribution in [1.29, 1.82) is 0 Å². The van der Waals surface area contributed by atoms with Crippen LogP contribution in [0.4, 0.5) is 10.1 Å². The first-order valence-electron chi connectivity index (χ1n) is 8.23. The Morgan fingerprint density at radius 2 is 1.67 bits per heavy atom. The van der Waals surface area contributed by atoms with E-state index < -0.39 is 11.7 Å². The molecule has 2 aromatic heterocycles. The van der Waals surface area contributed by atoms with Crippen molar-refractivity contribution in [2.24, 2.45) is 0 Å². The van der Waals surface area contributed by atoms with E-state index in [9.17, 15) is 9.18 Å². The average molecular weight is 375 g/mol. The zero-order chi connectivity index (χ0) is 18.6. The van der Waals surface area contributed by atoms with E-state index in [4.69, 9.17) is 0 Å². The molecule has 0 saturated heterocycles. The molecule has 0 aliphatic carbocycles. The van der Waals surface area contributed by atoms with Gasteiger partial charge in [0.2, 0.25) is 0 Å². The van der Waals surface area contributed by atoms with Crippen molar-refractivity contribution in [3.8, 4) is 21.8 Å². The van der Waals surface area contributed by atoms with Crippen molar-refractivity contribution in [3.05, 3.63) is 89.8 Å². The lowest BCUT2D eigenvalue weighted by molar-refractivity contribution is 0.102. The number of amides is 1. The molecule has 27 heavy (non-hydrogen) atoms. The first-order chi connectivity index (χ1) is 13.2. The highest BCUT2D eigenvalue weighted by Gasteiger charge is 2.11. The Kier molecular flexibility index (Phi) is 4.72. The SMILES string of the molecule is O=C(Nc1ccc(-c2csc(-c3ccncc3)n2)cc1)c1ccccc1F. The van der Waals surface area contributed by atoms with Crippen LogP contribution < -0.4 is 5.32 Å². The first-order valence-corrected chi connectivity index (χ1v) is 9.11. The number of nitrogens with zero attached hydrogens (tertiary/aromatic N) is 2. The topological polar surface area (TPSA) is 54.9 Å². The summed E-state index contributed by atoms with van der Waals surface area (Å²) in [7, 11) is 0. The van der Waals surface area contributed by atoms with Gasteiger partial charge in [-0.15, -0.1) is 11.3 Å². The minimum atomic E-state index is -0.544. The van der Waals surface area contributed by atoms with E-state index >= 15 is 0 Å². The quantitative estimate of drug-likeness (QED) is 0.529. The van der Waals surface area contributed by atoms with Gasteiger partial charge in [0.05, 0.1) is 11.3 Å². The van der Waals surface area contributed by atoms with Crippen LogP contribution in [0.1, 0.15) is 10.4 Å². The third-order valence-electron chi connectivity index (χ3n) is 3.99. The number of nitrogens with one attached hydrogen (secondary N) is 1. The molecule has 2 heterocycles.